The van der Waals surface area contributed by atoms with Crippen molar-refractivity contribution in [3.05, 3.63) is 0 Å². The molecule has 1 saturated carbocycles. The van der Waals surface area contributed by atoms with Crippen LogP contribution in [0.25, 0.3) is 0 Å². The predicted octanol–water partition coefficient (Wildman–Crippen LogP) is 2.10. The van der Waals surface area contributed by atoms with Crippen molar-refractivity contribution in [2.24, 2.45) is 5.92 Å². The van der Waals surface area contributed by atoms with E-state index in [1.165, 1.54) is 0 Å². The maximum atomic E-state index is 13.1. The largest absolute Gasteiger partial charge is 0.479 e. The Labute approximate surface area is 109 Å². The van der Waals surface area contributed by atoms with Crippen LogP contribution >= 0.6 is 0 Å². The number of amides is 1. The minimum Gasteiger partial charge on any atom is -0.479 e. The minimum atomic E-state index is -2.76. The number of nitrogens with zero attached hydrogens (tertiary/aromatic N) is 1. The number of carbonyl (C=O) groups is 2. The quantitative estimate of drug-likeness (QED) is 0.839. The summed E-state index contributed by atoms with van der Waals surface area (Å²) in [6.07, 6.45) is -3.57. The number of hydrogen-bond acceptors (Lipinski definition) is 3. The molecular formula is C12H17F2NO4. The summed E-state index contributed by atoms with van der Waals surface area (Å²) in [6, 6.07) is -1.36. The monoisotopic (exact) mass is 277 g/mol. The van der Waals surface area contributed by atoms with E-state index < -0.39 is 41.6 Å². The summed E-state index contributed by atoms with van der Waals surface area (Å²) < 4.78 is 31.2. The van der Waals surface area contributed by atoms with Gasteiger partial charge in [0.15, 0.2) is 0 Å². The Bertz CT molecular complexity index is 412. The van der Waals surface area contributed by atoms with Crippen LogP contribution in [0.3, 0.4) is 0 Å². The van der Waals surface area contributed by atoms with Crippen molar-refractivity contribution in [3.63, 3.8) is 0 Å². The van der Waals surface area contributed by atoms with E-state index in [1.54, 1.807) is 20.8 Å². The second-order valence-electron chi connectivity index (χ2n) is 6.18. The molecule has 1 aliphatic carbocycles. The average molecular weight is 277 g/mol. The van der Waals surface area contributed by atoms with Gasteiger partial charge in [0.1, 0.15) is 17.2 Å². The third-order valence-electron chi connectivity index (χ3n) is 3.69. The number of ether oxygens (including phenoxy) is 1. The molecule has 3 aliphatic rings. The van der Waals surface area contributed by atoms with Crippen LogP contribution in [0.1, 0.15) is 33.6 Å². The molecule has 108 valence electrons. The molecule has 0 spiro atoms. The second kappa shape index (κ2) is 4.05. The number of carbonyl (C=O) groups excluding carboxylic acids is 1. The highest BCUT2D eigenvalue weighted by atomic mass is 19.3. The van der Waals surface area contributed by atoms with Crippen molar-refractivity contribution in [3.8, 4) is 0 Å². The zero-order valence-electron chi connectivity index (χ0n) is 11.0. The van der Waals surface area contributed by atoms with Crippen LogP contribution in [-0.4, -0.2) is 45.7 Å². The van der Waals surface area contributed by atoms with E-state index in [0.29, 0.717) is 0 Å². The lowest BCUT2D eigenvalue weighted by Gasteiger charge is -2.38. The van der Waals surface area contributed by atoms with Crippen molar-refractivity contribution in [1.82, 2.24) is 4.90 Å². The second-order valence-corrected chi connectivity index (χ2v) is 6.18. The molecule has 1 amide bonds. The lowest BCUT2D eigenvalue weighted by Crippen LogP contribution is -2.56. The number of rotatable bonds is 2. The summed E-state index contributed by atoms with van der Waals surface area (Å²) >= 11 is 0. The first kappa shape index (κ1) is 14.0. The van der Waals surface area contributed by atoms with Gasteiger partial charge in [-0.15, -0.1) is 0 Å². The normalized spacial score (nSPS) is 33.3. The number of alkyl halides is 2. The molecule has 1 N–H and O–H groups in total. The van der Waals surface area contributed by atoms with Gasteiger partial charge in [0.25, 0.3) is 6.43 Å². The molecule has 2 aliphatic heterocycles. The number of fused-ring (bicyclic) bond motifs is 1. The lowest BCUT2D eigenvalue weighted by atomic mass is 9.72. The van der Waals surface area contributed by atoms with Crippen LogP contribution in [0.5, 0.6) is 0 Å². The standard InChI is InChI=1S/C12H17F2NO4/c1-11(2,3)19-10(18)15-7(8(13)14)6-4-12(15,5-6)9(16)17/h6-8H,4-5H2,1-3H3,(H,16,17). The summed E-state index contributed by atoms with van der Waals surface area (Å²) in [6.45, 7) is 4.82. The summed E-state index contributed by atoms with van der Waals surface area (Å²) in [5.41, 5.74) is -2.36. The molecule has 3 fully saturated rings. The number of carboxylic acids is 1. The molecule has 0 aromatic heterocycles. The number of carboxylic acid groups (broad SMARTS) is 1. The first-order valence-electron chi connectivity index (χ1n) is 6.12. The molecule has 2 heterocycles. The molecule has 1 atom stereocenters. The molecule has 5 nitrogen and oxygen atoms in total. The number of hydrogen-bond donors (Lipinski definition) is 1. The van der Waals surface area contributed by atoms with Gasteiger partial charge in [0.2, 0.25) is 0 Å². The van der Waals surface area contributed by atoms with Crippen molar-refractivity contribution in [1.29, 1.82) is 0 Å². The molecule has 0 radical (unpaired) electrons. The molecular weight excluding hydrogens is 260 g/mol. The van der Waals surface area contributed by atoms with Crippen LogP contribution in [0, 0.1) is 5.92 Å². The first-order valence-corrected chi connectivity index (χ1v) is 6.12. The fourth-order valence-corrected chi connectivity index (χ4v) is 2.95. The molecule has 2 saturated heterocycles. The Morgan fingerprint density at radius 3 is 2.26 bits per heavy atom. The van der Waals surface area contributed by atoms with Crippen molar-refractivity contribution >= 4 is 12.1 Å². The predicted molar refractivity (Wildman–Crippen MR) is 61.0 cm³/mol. The summed E-state index contributed by atoms with van der Waals surface area (Å²) in [7, 11) is 0. The summed E-state index contributed by atoms with van der Waals surface area (Å²) in [4.78, 5) is 24.1. The van der Waals surface area contributed by atoms with E-state index in [0.717, 1.165) is 4.90 Å². The van der Waals surface area contributed by atoms with Gasteiger partial charge < -0.3 is 9.84 Å². The van der Waals surface area contributed by atoms with E-state index >= 15 is 0 Å². The Morgan fingerprint density at radius 2 is 1.89 bits per heavy atom. The van der Waals surface area contributed by atoms with Gasteiger partial charge in [0.05, 0.1) is 0 Å². The summed E-state index contributed by atoms with van der Waals surface area (Å²) in [5.74, 6) is -1.69. The van der Waals surface area contributed by atoms with Crippen LogP contribution in [0.4, 0.5) is 13.6 Å². The fraction of sp³-hybridized carbons (Fsp3) is 0.833. The zero-order valence-corrected chi connectivity index (χ0v) is 11.0. The van der Waals surface area contributed by atoms with E-state index in [2.05, 4.69) is 0 Å². The van der Waals surface area contributed by atoms with Crippen LogP contribution < -0.4 is 0 Å². The van der Waals surface area contributed by atoms with E-state index in [1.807, 2.05) is 0 Å². The zero-order chi connectivity index (χ0) is 14.6. The summed E-state index contributed by atoms with van der Waals surface area (Å²) in [5, 5.41) is 9.23. The van der Waals surface area contributed by atoms with E-state index in [-0.39, 0.29) is 12.8 Å². The minimum absolute atomic E-state index is 0.0799. The Hall–Kier alpha value is -1.40. The Kier molecular flexibility index (Phi) is 2.98. The number of aliphatic carboxylic acids is 1. The molecule has 2 bridgehead atoms. The molecule has 1 unspecified atom stereocenters. The molecule has 7 heteroatoms. The third kappa shape index (κ3) is 2.04. The molecule has 0 aromatic rings. The smallest absolute Gasteiger partial charge is 0.411 e. The topological polar surface area (TPSA) is 66.8 Å². The fourth-order valence-electron chi connectivity index (χ4n) is 2.95. The van der Waals surface area contributed by atoms with Gasteiger partial charge >= 0.3 is 12.1 Å². The Morgan fingerprint density at radius 1 is 1.37 bits per heavy atom. The third-order valence-corrected chi connectivity index (χ3v) is 3.69. The van der Waals surface area contributed by atoms with Gasteiger partial charge in [-0.25, -0.2) is 18.4 Å². The Balaban J connectivity index is 2.28. The van der Waals surface area contributed by atoms with Crippen molar-refractivity contribution in [2.45, 2.75) is 57.2 Å². The highest BCUT2D eigenvalue weighted by Crippen LogP contribution is 2.56. The lowest BCUT2D eigenvalue weighted by molar-refractivity contribution is -0.152. The first-order chi connectivity index (χ1) is 8.58. The van der Waals surface area contributed by atoms with Gasteiger partial charge in [-0.3, -0.25) is 4.90 Å². The maximum absolute atomic E-state index is 13.1. The maximum Gasteiger partial charge on any atom is 0.411 e. The van der Waals surface area contributed by atoms with Crippen LogP contribution in [0.2, 0.25) is 0 Å². The average Bonchev–Trinajstić information content (AvgIpc) is 2.62. The van der Waals surface area contributed by atoms with Crippen LogP contribution in [0.15, 0.2) is 0 Å². The van der Waals surface area contributed by atoms with Gasteiger partial charge in [0, 0.05) is 0 Å². The SMILES string of the molecule is CC(C)(C)OC(=O)N1C(C(F)F)C2CC1(C(=O)O)C2. The molecule has 19 heavy (non-hydrogen) atoms. The van der Waals surface area contributed by atoms with E-state index in [9.17, 15) is 23.5 Å². The van der Waals surface area contributed by atoms with Crippen LogP contribution in [-0.2, 0) is 9.53 Å². The highest BCUT2D eigenvalue weighted by Gasteiger charge is 2.70. The highest BCUT2D eigenvalue weighted by molar-refractivity contribution is 5.87. The number of halogens is 2. The molecule has 3 rings (SSSR count). The molecule has 0 aromatic carbocycles. The van der Waals surface area contributed by atoms with Gasteiger partial charge in [-0.05, 0) is 39.5 Å². The van der Waals surface area contributed by atoms with Gasteiger partial charge in [-0.1, -0.05) is 0 Å². The van der Waals surface area contributed by atoms with Crippen molar-refractivity contribution < 1.29 is 28.2 Å². The van der Waals surface area contributed by atoms with E-state index in [4.69, 9.17) is 4.74 Å². The van der Waals surface area contributed by atoms with Gasteiger partial charge in [-0.2, -0.15) is 0 Å². The van der Waals surface area contributed by atoms with Crippen molar-refractivity contribution in [2.75, 3.05) is 0 Å².